The molecular formula is C66H77N7O11. The number of ether oxygens (including phenoxy) is 4. The maximum absolute atomic E-state index is 15.1. The molecule has 5 atom stereocenters. The third-order valence-corrected chi connectivity index (χ3v) is 14.5. The van der Waals surface area contributed by atoms with Gasteiger partial charge in [0.05, 0.1) is 0 Å². The molecule has 6 N–H and O–H groups in total. The molecule has 6 amide bonds. The number of H-pyrrole nitrogens is 1. The highest BCUT2D eigenvalue weighted by Gasteiger charge is 2.40. The van der Waals surface area contributed by atoms with E-state index in [4.69, 9.17) is 18.9 Å². The van der Waals surface area contributed by atoms with Crippen LogP contribution in [0.5, 0.6) is 5.75 Å². The van der Waals surface area contributed by atoms with Gasteiger partial charge in [-0.3, -0.25) is 19.2 Å². The summed E-state index contributed by atoms with van der Waals surface area (Å²) in [7, 11) is 0. The van der Waals surface area contributed by atoms with Crippen LogP contribution in [0.2, 0.25) is 0 Å². The number of rotatable bonds is 24. The first-order valence-electron chi connectivity index (χ1n) is 28.7. The van der Waals surface area contributed by atoms with Crippen LogP contribution in [0, 0.1) is 0 Å². The summed E-state index contributed by atoms with van der Waals surface area (Å²) in [6.45, 7) is 14.9. The van der Waals surface area contributed by atoms with Gasteiger partial charge in [-0.05, 0) is 124 Å². The maximum atomic E-state index is 15.1. The summed E-state index contributed by atoms with van der Waals surface area (Å²) in [5.41, 5.74) is 5.92. The third kappa shape index (κ3) is 16.6. The lowest BCUT2D eigenvalue weighted by molar-refractivity contribution is -0.147. The lowest BCUT2D eigenvalue weighted by Crippen LogP contribution is -2.59. The Labute approximate surface area is 490 Å². The zero-order chi connectivity index (χ0) is 60.0. The predicted octanol–water partition coefficient (Wildman–Crippen LogP) is 8.76. The lowest BCUT2D eigenvalue weighted by Gasteiger charge is -2.30. The lowest BCUT2D eigenvalue weighted by atomic mass is 9.98. The Kier molecular flexibility index (Phi) is 20.3. The summed E-state index contributed by atoms with van der Waals surface area (Å²) < 4.78 is 22.7. The Morgan fingerprint density at radius 2 is 1.26 bits per heavy atom. The number of carbonyl (C=O) groups excluding carboxylic acids is 7. The van der Waals surface area contributed by atoms with Crippen LogP contribution in [0.4, 0.5) is 9.59 Å². The van der Waals surface area contributed by atoms with E-state index in [1.165, 1.54) is 11.0 Å². The molecule has 8 rings (SSSR count). The molecule has 18 nitrogen and oxygen atoms in total. The monoisotopic (exact) mass is 1140 g/mol. The summed E-state index contributed by atoms with van der Waals surface area (Å²) >= 11 is 0. The van der Waals surface area contributed by atoms with E-state index >= 15 is 9.59 Å². The van der Waals surface area contributed by atoms with Gasteiger partial charge in [-0.25, -0.2) is 14.4 Å². The molecule has 0 saturated carbocycles. The number of benzene rings is 5. The third-order valence-electron chi connectivity index (χ3n) is 14.5. The first-order valence-corrected chi connectivity index (χ1v) is 28.7. The number of amides is 6. The topological polar surface area (TPSA) is 236 Å². The quantitative estimate of drug-likeness (QED) is 0.0145. The van der Waals surface area contributed by atoms with E-state index in [-0.39, 0.29) is 70.7 Å². The number of esters is 1. The second-order valence-corrected chi connectivity index (χ2v) is 23.2. The number of aromatic nitrogens is 1. The molecule has 1 fully saturated rings. The zero-order valence-corrected chi connectivity index (χ0v) is 48.7. The molecule has 0 bridgehead atoms. The molecule has 1 aliphatic carbocycles. The van der Waals surface area contributed by atoms with E-state index in [0.29, 0.717) is 28.9 Å². The number of carbonyl (C=O) groups is 7. The fraction of sp³-hybridized carbons (Fsp3) is 0.379. The van der Waals surface area contributed by atoms with Gasteiger partial charge in [-0.2, -0.15) is 0 Å². The van der Waals surface area contributed by atoms with E-state index in [2.05, 4.69) is 38.1 Å². The van der Waals surface area contributed by atoms with E-state index in [9.17, 15) is 24.0 Å². The fourth-order valence-electron chi connectivity index (χ4n) is 10.7. The molecule has 6 aromatic rings. The molecule has 5 aromatic carbocycles. The van der Waals surface area contributed by atoms with Gasteiger partial charge in [-0.15, -0.1) is 0 Å². The summed E-state index contributed by atoms with van der Waals surface area (Å²) in [5, 5.41) is 15.0. The highest BCUT2D eigenvalue weighted by atomic mass is 16.6. The van der Waals surface area contributed by atoms with Gasteiger partial charge in [0, 0.05) is 55.4 Å². The van der Waals surface area contributed by atoms with Crippen LogP contribution < -0.4 is 31.3 Å². The number of hydrogen-bond donors (Lipinski definition) is 6. The van der Waals surface area contributed by atoms with Gasteiger partial charge in [0.1, 0.15) is 60.4 Å². The minimum atomic E-state index is -1.30. The first kappa shape index (κ1) is 61.1. The Hall–Kier alpha value is -8.93. The number of hydrogen-bond acceptors (Lipinski definition) is 11. The van der Waals surface area contributed by atoms with Crippen molar-refractivity contribution in [2.75, 3.05) is 26.3 Å². The van der Waals surface area contributed by atoms with Gasteiger partial charge in [-0.1, -0.05) is 122 Å². The van der Waals surface area contributed by atoms with Crippen molar-refractivity contribution in [2.24, 2.45) is 0 Å². The number of likely N-dealkylation sites (tertiary alicyclic amines) is 1. The molecule has 0 unspecified atom stereocenters. The molecule has 1 aliphatic heterocycles. The summed E-state index contributed by atoms with van der Waals surface area (Å²) in [5.74, 6) is -2.89. The molecule has 0 spiro atoms. The SMILES string of the molecule is C=CCOC(=O)[C@H](CCCNC(=O)OC(C)(C)C)NC(=O)[C@@H](Cc1ccccc1)NC(=O)[C@H](Cc1c[nH]c2ccccc12)NC(=O)[C@@H]1CCCN1C(=O)[C@@H](Cc1ccc(OC(C)(C)C)cc1)NC(=O)OCC1c2ccccc2-c2ccccc21. The predicted molar refractivity (Wildman–Crippen MR) is 320 cm³/mol. The van der Waals surface area contributed by atoms with Gasteiger partial charge >= 0.3 is 18.2 Å². The van der Waals surface area contributed by atoms with Crippen molar-refractivity contribution in [2.45, 2.75) is 134 Å². The van der Waals surface area contributed by atoms with E-state index in [1.807, 2.05) is 112 Å². The number of nitrogens with zero attached hydrogens (tertiary/aromatic N) is 1. The van der Waals surface area contributed by atoms with Gasteiger partial charge in [0.15, 0.2) is 0 Å². The number of para-hydroxylation sites is 1. The molecular weight excluding hydrogens is 1070 g/mol. The van der Waals surface area contributed by atoms with Gasteiger partial charge < -0.3 is 55.4 Å². The standard InChI is InChI=1S/C66H77N7O11/c1-8-36-81-62(78)53(28-18-34-67-63(79)84-66(5,6)7)69-58(74)54(37-42-20-10-9-11-21-42)70-59(75)55(39-44-40-68-52-27-17-16-22-46(44)52)71-60(76)57-29-19-35-73(57)61(77)56(38-43-30-32-45(33-31-43)83-65(2,3)4)72-64(80)82-41-51-49-25-14-12-23-47(49)48-24-13-15-26-50(48)51/h8-17,20-27,30-33,40,51,53-57,68H,1,18-19,28-29,34-39,41H2,2-7H3,(H,67,79)(H,69,74)(H,70,75)(H,71,76)(H,72,80)/t53-,54+,55-,56+,57-/m0/s1. The number of fused-ring (bicyclic) bond motifs is 4. The van der Waals surface area contributed by atoms with Crippen LogP contribution in [-0.4, -0.2) is 119 Å². The van der Waals surface area contributed by atoms with Crippen molar-refractivity contribution < 1.29 is 52.5 Å². The van der Waals surface area contributed by atoms with Crippen LogP contribution in [0.1, 0.15) is 101 Å². The second kappa shape index (κ2) is 27.9. The molecule has 1 saturated heterocycles. The minimum absolute atomic E-state index is 0.00387. The molecule has 442 valence electrons. The normalized spacial score (nSPS) is 15.3. The Morgan fingerprint density at radius 1 is 0.655 bits per heavy atom. The van der Waals surface area contributed by atoms with E-state index < -0.39 is 83.2 Å². The molecule has 84 heavy (non-hydrogen) atoms. The second-order valence-electron chi connectivity index (χ2n) is 23.2. The van der Waals surface area contributed by atoms with Crippen molar-refractivity contribution in [3.05, 3.63) is 174 Å². The molecule has 1 aromatic heterocycles. The Morgan fingerprint density at radius 3 is 1.93 bits per heavy atom. The first-order chi connectivity index (χ1) is 40.2. The van der Waals surface area contributed by atoms with E-state index in [0.717, 1.165) is 33.2 Å². The molecule has 2 heterocycles. The smallest absolute Gasteiger partial charge is 0.407 e. The molecule has 18 heteroatoms. The van der Waals surface area contributed by atoms with Crippen LogP contribution in [0.25, 0.3) is 22.0 Å². The van der Waals surface area contributed by atoms with Crippen LogP contribution in [0.15, 0.2) is 146 Å². The van der Waals surface area contributed by atoms with Crippen LogP contribution in [-0.2, 0) is 57.4 Å². The summed E-state index contributed by atoms with van der Waals surface area (Å²) in [6.07, 6.45) is 2.75. The van der Waals surface area contributed by atoms with Crippen molar-refractivity contribution >= 4 is 52.7 Å². The largest absolute Gasteiger partial charge is 0.488 e. The highest BCUT2D eigenvalue weighted by molar-refractivity contribution is 5.97. The van der Waals surface area contributed by atoms with Gasteiger partial charge in [0.25, 0.3) is 0 Å². The molecule has 0 radical (unpaired) electrons. The minimum Gasteiger partial charge on any atom is -0.488 e. The summed E-state index contributed by atoms with van der Waals surface area (Å²) in [6, 6.07) is 33.8. The average molecular weight is 1140 g/mol. The van der Waals surface area contributed by atoms with Crippen LogP contribution in [0.3, 0.4) is 0 Å². The fourth-order valence-corrected chi connectivity index (χ4v) is 10.7. The van der Waals surface area contributed by atoms with Crippen molar-refractivity contribution in [3.8, 4) is 16.9 Å². The highest BCUT2D eigenvalue weighted by Crippen LogP contribution is 2.44. The maximum Gasteiger partial charge on any atom is 0.407 e. The summed E-state index contributed by atoms with van der Waals surface area (Å²) in [4.78, 5) is 104. The molecule has 2 aliphatic rings. The number of alkyl carbamates (subject to hydrolysis) is 2. The zero-order valence-electron chi connectivity index (χ0n) is 48.7. The van der Waals surface area contributed by atoms with Crippen molar-refractivity contribution in [1.29, 1.82) is 0 Å². The Bertz CT molecular complexity index is 3250. The number of aromatic amines is 1. The van der Waals surface area contributed by atoms with Crippen molar-refractivity contribution in [3.63, 3.8) is 0 Å². The Balaban J connectivity index is 1.03. The van der Waals surface area contributed by atoms with Gasteiger partial charge in [0.2, 0.25) is 23.6 Å². The van der Waals surface area contributed by atoms with E-state index in [1.54, 1.807) is 63.4 Å². The van der Waals surface area contributed by atoms with Crippen LogP contribution >= 0.6 is 0 Å². The average Bonchev–Trinajstić information content (AvgIpc) is 2.71. The number of nitrogens with one attached hydrogen (secondary N) is 6. The van der Waals surface area contributed by atoms with Crippen molar-refractivity contribution in [1.82, 2.24) is 36.5 Å².